The zero-order valence-electron chi connectivity index (χ0n) is 6.65. The van der Waals surface area contributed by atoms with Gasteiger partial charge in [0.1, 0.15) is 0 Å². The third-order valence-corrected chi connectivity index (χ3v) is 1.28. The first-order valence-corrected chi connectivity index (χ1v) is 3.99. The average Bonchev–Trinajstić information content (AvgIpc) is 1.89. The number of hydrogen-bond donors (Lipinski definition) is 0. The molecule has 0 aromatic heterocycles. The predicted molar refractivity (Wildman–Crippen MR) is 41.2 cm³/mol. The SMILES string of the molecule is [Li][CH2]CCOCC[CH2][Li]. The van der Waals surface area contributed by atoms with E-state index in [2.05, 4.69) is 35.4 Å². The summed E-state index contributed by atoms with van der Waals surface area (Å²) in [6.45, 7) is 1.91. The molecule has 0 bridgehead atoms. The van der Waals surface area contributed by atoms with E-state index in [1.54, 1.807) is 0 Å². The normalized spacial score (nSPS) is 10.2. The Morgan fingerprint density at radius 2 is 1.33 bits per heavy atom. The number of rotatable bonds is 6. The summed E-state index contributed by atoms with van der Waals surface area (Å²) in [7, 11) is 0. The van der Waals surface area contributed by atoms with E-state index < -0.39 is 0 Å². The molecule has 0 amide bonds. The first-order chi connectivity index (χ1) is 4.41. The summed E-state index contributed by atoms with van der Waals surface area (Å²) in [6, 6.07) is 0. The molecule has 0 spiro atoms. The van der Waals surface area contributed by atoms with Crippen molar-refractivity contribution < 1.29 is 4.74 Å². The number of hydrogen-bond acceptors (Lipinski definition) is 1. The van der Waals surface area contributed by atoms with Crippen LogP contribution in [-0.4, -0.2) is 48.6 Å². The van der Waals surface area contributed by atoms with E-state index in [1.165, 1.54) is 23.0 Å². The summed E-state index contributed by atoms with van der Waals surface area (Å²) in [5.41, 5.74) is 0. The Bertz CT molecular complexity index is 44.3. The van der Waals surface area contributed by atoms with Crippen molar-refractivity contribution in [1.29, 1.82) is 0 Å². The molecular weight excluding hydrogens is 102 g/mol. The van der Waals surface area contributed by atoms with Gasteiger partial charge in [0, 0.05) is 0 Å². The van der Waals surface area contributed by atoms with Crippen molar-refractivity contribution >= 4 is 35.4 Å². The van der Waals surface area contributed by atoms with Crippen molar-refractivity contribution in [2.45, 2.75) is 23.0 Å². The topological polar surface area (TPSA) is 9.23 Å². The minimum atomic E-state index is 0.955. The molecule has 1 nitrogen and oxygen atoms in total. The zero-order chi connectivity index (χ0) is 6.95. The summed E-state index contributed by atoms with van der Waals surface area (Å²) < 4.78 is 5.31. The van der Waals surface area contributed by atoms with Gasteiger partial charge in [0.15, 0.2) is 0 Å². The maximum absolute atomic E-state index is 5.31. The van der Waals surface area contributed by atoms with Crippen molar-refractivity contribution in [1.82, 2.24) is 0 Å². The summed E-state index contributed by atoms with van der Waals surface area (Å²) >= 11 is 4.37. The summed E-state index contributed by atoms with van der Waals surface area (Å²) in [5, 5.41) is 2.48. The van der Waals surface area contributed by atoms with Crippen molar-refractivity contribution in [2.24, 2.45) is 0 Å². The molecule has 0 aromatic carbocycles. The van der Waals surface area contributed by atoms with E-state index in [0.29, 0.717) is 0 Å². The van der Waals surface area contributed by atoms with Crippen LogP contribution in [0.1, 0.15) is 12.8 Å². The van der Waals surface area contributed by atoms with Crippen LogP contribution in [0.5, 0.6) is 0 Å². The quantitative estimate of drug-likeness (QED) is 0.369. The van der Waals surface area contributed by atoms with Gasteiger partial charge >= 0.3 is 76.4 Å². The Balaban J connectivity index is 2.60. The molecule has 0 saturated carbocycles. The summed E-state index contributed by atoms with van der Waals surface area (Å²) in [6.07, 6.45) is 2.42. The van der Waals surface area contributed by atoms with Gasteiger partial charge in [-0.15, -0.1) is 0 Å². The second kappa shape index (κ2) is 9.15. The van der Waals surface area contributed by atoms with Gasteiger partial charge in [-0.25, -0.2) is 0 Å². The van der Waals surface area contributed by atoms with Crippen LogP contribution in [0.4, 0.5) is 0 Å². The van der Waals surface area contributed by atoms with E-state index in [9.17, 15) is 0 Å². The van der Waals surface area contributed by atoms with Gasteiger partial charge in [0.25, 0.3) is 0 Å². The van der Waals surface area contributed by atoms with Gasteiger partial charge < -0.3 is 0 Å². The molecule has 0 N–H and O–H groups in total. The Morgan fingerprint density at radius 3 is 1.67 bits per heavy atom. The molecule has 3 heteroatoms. The first kappa shape index (κ1) is 10.2. The van der Waals surface area contributed by atoms with Crippen LogP contribution < -0.4 is 0 Å². The van der Waals surface area contributed by atoms with Crippen molar-refractivity contribution in [3.8, 4) is 0 Å². The van der Waals surface area contributed by atoms with Crippen molar-refractivity contribution in [3.63, 3.8) is 0 Å². The van der Waals surface area contributed by atoms with Crippen LogP contribution in [0, 0.1) is 0 Å². The molecule has 9 heavy (non-hydrogen) atoms. The van der Waals surface area contributed by atoms with E-state index in [0.717, 1.165) is 13.2 Å². The van der Waals surface area contributed by atoms with Crippen molar-refractivity contribution in [2.75, 3.05) is 13.2 Å². The molecule has 0 unspecified atom stereocenters. The molecule has 0 radical (unpaired) electrons. The molecule has 0 saturated heterocycles. The van der Waals surface area contributed by atoms with E-state index in [1.807, 2.05) is 0 Å². The minimum absolute atomic E-state index is 0.955. The molecule has 0 fully saturated rings. The fourth-order valence-corrected chi connectivity index (χ4v) is 0.595. The monoisotopic (exact) mass is 114 g/mol. The van der Waals surface area contributed by atoms with Gasteiger partial charge in [-0.2, -0.15) is 0 Å². The maximum atomic E-state index is 5.31. The predicted octanol–water partition coefficient (Wildman–Crippen LogP) is 0.957. The standard InChI is InChI=1S/C6H12O.2Li/c1-3-5-7-6-4-2;;/h1-6H2;;. The Morgan fingerprint density at radius 1 is 0.889 bits per heavy atom. The summed E-state index contributed by atoms with van der Waals surface area (Å²) in [5.74, 6) is 0. The second-order valence-electron chi connectivity index (χ2n) is 2.32. The molecule has 0 atom stereocenters. The molecule has 0 aliphatic carbocycles. The van der Waals surface area contributed by atoms with Crippen LogP contribution in [-0.2, 0) is 4.74 Å². The second-order valence-corrected chi connectivity index (χ2v) is 2.32. The van der Waals surface area contributed by atoms with E-state index >= 15 is 0 Å². The average molecular weight is 114 g/mol. The van der Waals surface area contributed by atoms with Gasteiger partial charge in [-0.05, 0) is 0 Å². The van der Waals surface area contributed by atoms with Gasteiger partial charge in [-0.1, -0.05) is 0 Å². The Labute approximate surface area is 76.3 Å². The molecule has 44 valence electrons. The molecule has 0 aliphatic rings. The van der Waals surface area contributed by atoms with Crippen LogP contribution in [0.3, 0.4) is 0 Å². The summed E-state index contributed by atoms with van der Waals surface area (Å²) in [4.78, 5) is 0. The van der Waals surface area contributed by atoms with Crippen LogP contribution in [0.2, 0.25) is 10.2 Å². The van der Waals surface area contributed by atoms with Gasteiger partial charge in [-0.3, -0.25) is 0 Å². The molecule has 0 aromatic rings. The Kier molecular flexibility index (Phi) is 10.3. The molecule has 0 heterocycles. The third-order valence-electron chi connectivity index (χ3n) is 1.28. The van der Waals surface area contributed by atoms with Gasteiger partial charge in [0.2, 0.25) is 0 Å². The van der Waals surface area contributed by atoms with E-state index in [-0.39, 0.29) is 0 Å². The fraction of sp³-hybridized carbons (Fsp3) is 1.00. The number of ether oxygens (including phenoxy) is 1. The van der Waals surface area contributed by atoms with Crippen LogP contribution in [0.25, 0.3) is 0 Å². The van der Waals surface area contributed by atoms with Gasteiger partial charge in [0.05, 0.1) is 0 Å². The van der Waals surface area contributed by atoms with E-state index in [4.69, 9.17) is 4.74 Å². The van der Waals surface area contributed by atoms with Crippen molar-refractivity contribution in [3.05, 3.63) is 0 Å². The van der Waals surface area contributed by atoms with Crippen LogP contribution >= 0.6 is 0 Å². The first-order valence-electron chi connectivity index (χ1n) is 3.99. The fourth-order valence-electron chi connectivity index (χ4n) is 0.595. The zero-order valence-corrected chi connectivity index (χ0v) is 6.65. The Hall–Kier alpha value is 1.15. The van der Waals surface area contributed by atoms with Crippen LogP contribution in [0.15, 0.2) is 0 Å². The molecular formula is C6H12Li2O. The third kappa shape index (κ3) is 9.15. The molecule has 0 aliphatic heterocycles. The molecule has 0 rings (SSSR count).